The number of aromatic carboxylic acids is 1. The lowest BCUT2D eigenvalue weighted by Gasteiger charge is -2.10. The summed E-state index contributed by atoms with van der Waals surface area (Å²) >= 11 is 0. The molecule has 3 aromatic carbocycles. The number of anilines is 2. The molecular formula is C24H22N2O5. The first-order chi connectivity index (χ1) is 15.0. The molecule has 0 radical (unpaired) electrons. The van der Waals surface area contributed by atoms with Gasteiger partial charge < -0.3 is 20.5 Å². The lowest BCUT2D eigenvalue weighted by molar-refractivity contribution is -0.116. The van der Waals surface area contributed by atoms with Gasteiger partial charge in [0, 0.05) is 17.7 Å². The molecule has 0 saturated carbocycles. The molecular weight excluding hydrogens is 396 g/mol. The van der Waals surface area contributed by atoms with Crippen LogP contribution in [-0.4, -0.2) is 30.0 Å². The summed E-state index contributed by atoms with van der Waals surface area (Å²) in [5.74, 6) is -0.974. The standard InChI is InChI=1S/C24H22N2O5/c1-31-21-9-5-2-6-16(21)12-15-22(27)25-18-13-10-17(11-14-18)23(28)26-20-8-4-3-7-19(20)24(29)30/h2-11,13-14H,12,15H2,1H3,(H,25,27)(H,26,28)(H,29,30). The van der Waals surface area contributed by atoms with E-state index in [-0.39, 0.29) is 23.6 Å². The molecule has 31 heavy (non-hydrogen) atoms. The number of para-hydroxylation sites is 2. The molecule has 0 aliphatic heterocycles. The minimum absolute atomic E-state index is 0.00906. The first kappa shape index (κ1) is 21.6. The maximum atomic E-state index is 12.4. The van der Waals surface area contributed by atoms with Crippen molar-refractivity contribution in [2.24, 2.45) is 0 Å². The lowest BCUT2D eigenvalue weighted by Crippen LogP contribution is -2.15. The van der Waals surface area contributed by atoms with E-state index in [1.165, 1.54) is 12.1 Å². The fraction of sp³-hybridized carbons (Fsp3) is 0.125. The van der Waals surface area contributed by atoms with E-state index in [4.69, 9.17) is 4.74 Å². The summed E-state index contributed by atoms with van der Waals surface area (Å²) in [5, 5.41) is 14.6. The average Bonchev–Trinajstić information content (AvgIpc) is 2.78. The second kappa shape index (κ2) is 10.1. The van der Waals surface area contributed by atoms with Crippen LogP contribution in [0, 0.1) is 0 Å². The Balaban J connectivity index is 1.58. The molecule has 158 valence electrons. The Morgan fingerprint density at radius 1 is 0.871 bits per heavy atom. The zero-order valence-electron chi connectivity index (χ0n) is 16.9. The van der Waals surface area contributed by atoms with Crippen LogP contribution >= 0.6 is 0 Å². The number of aryl methyl sites for hydroxylation is 1. The number of benzene rings is 3. The van der Waals surface area contributed by atoms with Gasteiger partial charge in [-0.15, -0.1) is 0 Å². The van der Waals surface area contributed by atoms with Gasteiger partial charge in [-0.05, 0) is 54.4 Å². The highest BCUT2D eigenvalue weighted by atomic mass is 16.5. The predicted octanol–water partition coefficient (Wildman–Crippen LogP) is 4.22. The highest BCUT2D eigenvalue weighted by Crippen LogP contribution is 2.20. The highest BCUT2D eigenvalue weighted by Gasteiger charge is 2.13. The van der Waals surface area contributed by atoms with Crippen molar-refractivity contribution >= 4 is 29.2 Å². The van der Waals surface area contributed by atoms with Crippen molar-refractivity contribution in [3.8, 4) is 5.75 Å². The van der Waals surface area contributed by atoms with E-state index >= 15 is 0 Å². The summed E-state index contributed by atoms with van der Waals surface area (Å²) in [6.45, 7) is 0. The Kier molecular flexibility index (Phi) is 7.01. The van der Waals surface area contributed by atoms with Crippen molar-refractivity contribution < 1.29 is 24.2 Å². The van der Waals surface area contributed by atoms with E-state index in [0.717, 1.165) is 11.3 Å². The van der Waals surface area contributed by atoms with Gasteiger partial charge in [-0.25, -0.2) is 4.79 Å². The molecule has 7 heteroatoms. The molecule has 0 spiro atoms. The van der Waals surface area contributed by atoms with E-state index in [2.05, 4.69) is 10.6 Å². The molecule has 0 bridgehead atoms. The smallest absolute Gasteiger partial charge is 0.337 e. The quantitative estimate of drug-likeness (QED) is 0.508. The Morgan fingerprint density at radius 3 is 2.26 bits per heavy atom. The molecule has 3 N–H and O–H groups in total. The van der Waals surface area contributed by atoms with E-state index in [9.17, 15) is 19.5 Å². The molecule has 2 amide bonds. The molecule has 0 unspecified atom stereocenters. The van der Waals surface area contributed by atoms with Gasteiger partial charge in [-0.3, -0.25) is 9.59 Å². The molecule has 0 aliphatic rings. The maximum Gasteiger partial charge on any atom is 0.337 e. The van der Waals surface area contributed by atoms with Gasteiger partial charge >= 0.3 is 5.97 Å². The monoisotopic (exact) mass is 418 g/mol. The molecule has 0 aromatic heterocycles. The van der Waals surface area contributed by atoms with Crippen LogP contribution in [-0.2, 0) is 11.2 Å². The Bertz CT molecular complexity index is 1090. The van der Waals surface area contributed by atoms with E-state index in [1.54, 1.807) is 43.5 Å². The number of amides is 2. The first-order valence-corrected chi connectivity index (χ1v) is 9.63. The van der Waals surface area contributed by atoms with Gasteiger partial charge in [-0.1, -0.05) is 30.3 Å². The van der Waals surface area contributed by atoms with Crippen molar-refractivity contribution in [3.05, 3.63) is 89.5 Å². The van der Waals surface area contributed by atoms with Crippen molar-refractivity contribution in [1.82, 2.24) is 0 Å². The fourth-order valence-corrected chi connectivity index (χ4v) is 3.06. The number of carbonyl (C=O) groups excluding carboxylic acids is 2. The summed E-state index contributed by atoms with van der Waals surface area (Å²) in [4.78, 5) is 36.0. The number of rotatable bonds is 8. The van der Waals surface area contributed by atoms with Crippen LogP contribution < -0.4 is 15.4 Å². The summed E-state index contributed by atoms with van der Waals surface area (Å²) < 4.78 is 5.29. The third kappa shape index (κ3) is 5.70. The lowest BCUT2D eigenvalue weighted by atomic mass is 10.1. The van der Waals surface area contributed by atoms with Crippen LogP contribution in [0.25, 0.3) is 0 Å². The normalized spacial score (nSPS) is 10.2. The number of carboxylic acid groups (broad SMARTS) is 1. The second-order valence-corrected chi connectivity index (χ2v) is 6.74. The first-order valence-electron chi connectivity index (χ1n) is 9.63. The number of nitrogens with one attached hydrogen (secondary N) is 2. The van der Waals surface area contributed by atoms with E-state index < -0.39 is 11.9 Å². The zero-order valence-corrected chi connectivity index (χ0v) is 16.9. The number of carboxylic acids is 1. The molecule has 0 aliphatic carbocycles. The van der Waals surface area contributed by atoms with Crippen LogP contribution in [0.2, 0.25) is 0 Å². The number of methoxy groups -OCH3 is 1. The van der Waals surface area contributed by atoms with Crippen molar-refractivity contribution in [2.45, 2.75) is 12.8 Å². The minimum atomic E-state index is -1.12. The third-order valence-electron chi connectivity index (χ3n) is 4.65. The molecule has 3 rings (SSSR count). The fourth-order valence-electron chi connectivity index (χ4n) is 3.06. The molecule has 0 heterocycles. The molecule has 0 saturated heterocycles. The Hall–Kier alpha value is -4.13. The van der Waals surface area contributed by atoms with Gasteiger partial charge in [0.25, 0.3) is 5.91 Å². The molecule has 0 fully saturated rings. The number of hydrogen-bond acceptors (Lipinski definition) is 4. The number of hydrogen-bond donors (Lipinski definition) is 3. The van der Waals surface area contributed by atoms with E-state index in [0.29, 0.717) is 17.7 Å². The highest BCUT2D eigenvalue weighted by molar-refractivity contribution is 6.08. The van der Waals surface area contributed by atoms with E-state index in [1.807, 2.05) is 24.3 Å². The largest absolute Gasteiger partial charge is 0.496 e. The molecule has 0 atom stereocenters. The van der Waals surface area contributed by atoms with Gasteiger partial charge in [0.1, 0.15) is 5.75 Å². The van der Waals surface area contributed by atoms with Crippen molar-refractivity contribution in [3.63, 3.8) is 0 Å². The third-order valence-corrected chi connectivity index (χ3v) is 4.65. The molecule has 7 nitrogen and oxygen atoms in total. The van der Waals surface area contributed by atoms with Gasteiger partial charge in [0.15, 0.2) is 0 Å². The van der Waals surface area contributed by atoms with Crippen LogP contribution in [0.1, 0.15) is 32.7 Å². The summed E-state index contributed by atoms with van der Waals surface area (Å²) in [7, 11) is 1.59. The SMILES string of the molecule is COc1ccccc1CCC(=O)Nc1ccc(C(=O)Nc2ccccc2C(=O)O)cc1. The molecule has 3 aromatic rings. The number of carbonyl (C=O) groups is 3. The van der Waals surface area contributed by atoms with Crippen molar-refractivity contribution in [1.29, 1.82) is 0 Å². The van der Waals surface area contributed by atoms with Crippen LogP contribution in [0.15, 0.2) is 72.8 Å². The Labute approximate surface area is 179 Å². The predicted molar refractivity (Wildman–Crippen MR) is 118 cm³/mol. The zero-order chi connectivity index (χ0) is 22.2. The summed E-state index contributed by atoms with van der Waals surface area (Å²) in [5.41, 5.74) is 2.08. The topological polar surface area (TPSA) is 105 Å². The van der Waals surface area contributed by atoms with Gasteiger partial charge in [0.05, 0.1) is 18.4 Å². The van der Waals surface area contributed by atoms with Crippen LogP contribution in [0.4, 0.5) is 11.4 Å². The number of ether oxygens (including phenoxy) is 1. The average molecular weight is 418 g/mol. The van der Waals surface area contributed by atoms with Crippen molar-refractivity contribution in [2.75, 3.05) is 17.7 Å². The summed E-state index contributed by atoms with van der Waals surface area (Å²) in [6.07, 6.45) is 0.827. The Morgan fingerprint density at radius 2 is 1.55 bits per heavy atom. The van der Waals surface area contributed by atoms with Gasteiger partial charge in [0.2, 0.25) is 5.91 Å². The maximum absolute atomic E-state index is 12.4. The summed E-state index contributed by atoms with van der Waals surface area (Å²) in [6, 6.07) is 20.1. The van der Waals surface area contributed by atoms with Crippen LogP contribution in [0.5, 0.6) is 5.75 Å². The minimum Gasteiger partial charge on any atom is -0.496 e. The second-order valence-electron chi connectivity index (χ2n) is 6.74. The van der Waals surface area contributed by atoms with Crippen LogP contribution in [0.3, 0.4) is 0 Å². The van der Waals surface area contributed by atoms with Gasteiger partial charge in [-0.2, -0.15) is 0 Å².